The summed E-state index contributed by atoms with van der Waals surface area (Å²) in [5.74, 6) is 0. The molecule has 0 aliphatic rings. The molecular weight excluding hydrogens is 386 g/mol. The zero-order valence-electron chi connectivity index (χ0n) is 8.18. The molecule has 0 spiro atoms. The van der Waals surface area contributed by atoms with E-state index in [-0.39, 0.29) is 0 Å². The molecule has 0 amide bonds. The molecule has 0 aliphatic carbocycles. The van der Waals surface area contributed by atoms with Gasteiger partial charge in [0.15, 0.2) is 0 Å². The van der Waals surface area contributed by atoms with E-state index in [9.17, 15) is 0 Å². The number of hydrogen-bond donors (Lipinski definition) is 0. The van der Waals surface area contributed by atoms with Crippen LogP contribution in [0.2, 0.25) is 13.7 Å². The van der Waals surface area contributed by atoms with E-state index in [0.717, 1.165) is 15.6 Å². The van der Waals surface area contributed by atoms with Gasteiger partial charge < -0.3 is 0 Å². The second-order valence-electron chi connectivity index (χ2n) is 3.31. The maximum Gasteiger partial charge on any atom is 0.0994 e. The third-order valence-corrected chi connectivity index (χ3v) is 5.01. The topological polar surface area (TPSA) is 0 Å². The van der Waals surface area contributed by atoms with Crippen molar-refractivity contribution >= 4 is 73.7 Å². The van der Waals surface area contributed by atoms with Gasteiger partial charge in [-0.25, -0.2) is 0 Å². The van der Waals surface area contributed by atoms with Crippen LogP contribution in [0.5, 0.6) is 0 Å². The predicted octanol–water partition coefficient (Wildman–Crippen LogP) is 6.80. The van der Waals surface area contributed by atoms with E-state index in [4.69, 9.17) is 46.4 Å². The van der Waals surface area contributed by atoms with E-state index in [1.54, 1.807) is 12.1 Å². The van der Waals surface area contributed by atoms with Crippen LogP contribution < -0.4 is 0 Å². The lowest BCUT2D eigenvalue weighted by Crippen LogP contribution is -1.93. The fraction of sp³-hybridized carbons (Fsp3) is 0.0909. The summed E-state index contributed by atoms with van der Waals surface area (Å²) < 4.78 is 2.12. The first-order chi connectivity index (χ1) is 7.99. The lowest BCUT2D eigenvalue weighted by Gasteiger charge is -2.11. The van der Waals surface area contributed by atoms with Crippen molar-refractivity contribution in [2.45, 2.75) is 5.38 Å². The lowest BCUT2D eigenvalue weighted by molar-refractivity contribution is 1.15. The zero-order chi connectivity index (χ0) is 12.6. The molecule has 2 rings (SSSR count). The second-order valence-corrected chi connectivity index (χ2v) is 7.35. The molecule has 1 aromatic carbocycles. The summed E-state index contributed by atoms with van der Waals surface area (Å²) in [5, 5.41) is 0.197. The molecule has 1 unspecified atom stereocenters. The minimum atomic E-state index is -0.406. The normalized spacial score (nSPS) is 12.8. The smallest absolute Gasteiger partial charge is 0.0994 e. The molecule has 0 saturated carbocycles. The predicted molar refractivity (Wildman–Crippen MR) is 81.2 cm³/mol. The van der Waals surface area contributed by atoms with Crippen LogP contribution in [0, 0.1) is 0 Å². The Labute approximate surface area is 132 Å². The Hall–Kier alpha value is 0.560. The van der Waals surface area contributed by atoms with Gasteiger partial charge in [-0.05, 0) is 29.8 Å². The Bertz CT molecular complexity index is 552. The molecule has 1 heterocycles. The average Bonchev–Trinajstić information content (AvgIpc) is 2.60. The highest BCUT2D eigenvalue weighted by atomic mass is 79.9. The fourth-order valence-corrected chi connectivity index (χ4v) is 4.07. The van der Waals surface area contributed by atoms with Crippen LogP contribution in [0.25, 0.3) is 0 Å². The minimum absolute atomic E-state index is 0.406. The van der Waals surface area contributed by atoms with E-state index in [2.05, 4.69) is 15.9 Å². The Morgan fingerprint density at radius 1 is 1.06 bits per heavy atom. The summed E-state index contributed by atoms with van der Waals surface area (Å²) in [6.07, 6.45) is 0. The van der Waals surface area contributed by atoms with E-state index < -0.39 is 5.38 Å². The van der Waals surface area contributed by atoms with Gasteiger partial charge in [0, 0.05) is 15.1 Å². The van der Waals surface area contributed by atoms with E-state index in [0.29, 0.717) is 13.7 Å². The SMILES string of the molecule is Clc1cc(C(Cl)c2cc(Br)ccc2Cl)c(Cl)s1. The highest BCUT2D eigenvalue weighted by Gasteiger charge is 2.19. The van der Waals surface area contributed by atoms with Crippen LogP contribution in [-0.4, -0.2) is 0 Å². The molecule has 0 radical (unpaired) electrons. The van der Waals surface area contributed by atoms with Crippen LogP contribution in [0.3, 0.4) is 0 Å². The fourth-order valence-electron chi connectivity index (χ4n) is 1.40. The number of hydrogen-bond acceptors (Lipinski definition) is 1. The molecular formula is C11H5BrCl4S. The van der Waals surface area contributed by atoms with Gasteiger partial charge in [0.1, 0.15) is 0 Å². The molecule has 17 heavy (non-hydrogen) atoms. The van der Waals surface area contributed by atoms with Crippen molar-refractivity contribution in [2.24, 2.45) is 0 Å². The van der Waals surface area contributed by atoms with E-state index >= 15 is 0 Å². The number of rotatable bonds is 2. The van der Waals surface area contributed by atoms with Crippen LogP contribution in [0.1, 0.15) is 16.5 Å². The Kier molecular flexibility index (Phi) is 4.67. The van der Waals surface area contributed by atoms with Gasteiger partial charge in [0.2, 0.25) is 0 Å². The largest absolute Gasteiger partial charge is 0.112 e. The van der Waals surface area contributed by atoms with Crippen molar-refractivity contribution in [3.05, 3.63) is 53.6 Å². The third-order valence-electron chi connectivity index (χ3n) is 2.19. The van der Waals surface area contributed by atoms with Gasteiger partial charge in [-0.2, -0.15) is 0 Å². The first kappa shape index (κ1) is 14.0. The standard InChI is InChI=1S/C11H5BrCl4S/c12-5-1-2-8(13)6(3-5)10(15)7-4-9(14)17-11(7)16/h1-4,10H. The molecule has 0 saturated heterocycles. The Morgan fingerprint density at radius 2 is 1.76 bits per heavy atom. The number of benzene rings is 1. The Balaban J connectivity index is 2.46. The zero-order valence-corrected chi connectivity index (χ0v) is 13.6. The molecule has 0 nitrogen and oxygen atoms in total. The van der Waals surface area contributed by atoms with Gasteiger partial charge in [0.05, 0.1) is 14.0 Å². The quantitative estimate of drug-likeness (QED) is 0.494. The lowest BCUT2D eigenvalue weighted by atomic mass is 10.1. The van der Waals surface area contributed by atoms with Gasteiger partial charge >= 0.3 is 0 Å². The maximum atomic E-state index is 6.39. The van der Waals surface area contributed by atoms with Crippen LogP contribution in [0.15, 0.2) is 28.7 Å². The van der Waals surface area contributed by atoms with Crippen molar-refractivity contribution < 1.29 is 0 Å². The van der Waals surface area contributed by atoms with E-state index in [1.807, 2.05) is 12.1 Å². The maximum absolute atomic E-state index is 6.39. The van der Waals surface area contributed by atoms with Gasteiger partial charge in [0.25, 0.3) is 0 Å². The highest BCUT2D eigenvalue weighted by Crippen LogP contribution is 2.42. The minimum Gasteiger partial charge on any atom is -0.112 e. The highest BCUT2D eigenvalue weighted by molar-refractivity contribution is 9.10. The van der Waals surface area contributed by atoms with Crippen molar-refractivity contribution in [1.82, 2.24) is 0 Å². The first-order valence-electron chi connectivity index (χ1n) is 4.53. The summed E-state index contributed by atoms with van der Waals surface area (Å²) in [6.45, 7) is 0. The molecule has 90 valence electrons. The second kappa shape index (κ2) is 5.68. The third kappa shape index (κ3) is 3.12. The number of thiophene rings is 1. The van der Waals surface area contributed by atoms with Crippen LogP contribution in [0.4, 0.5) is 0 Å². The summed E-state index contributed by atoms with van der Waals surface area (Å²) in [7, 11) is 0. The molecule has 0 fully saturated rings. The Morgan fingerprint density at radius 3 is 2.35 bits per heavy atom. The van der Waals surface area contributed by atoms with Crippen LogP contribution in [-0.2, 0) is 0 Å². The van der Waals surface area contributed by atoms with Crippen molar-refractivity contribution in [3.63, 3.8) is 0 Å². The molecule has 6 heteroatoms. The summed E-state index contributed by atoms with van der Waals surface area (Å²) in [5.41, 5.74) is 1.59. The summed E-state index contributed by atoms with van der Waals surface area (Å²) in [6, 6.07) is 7.29. The average molecular weight is 391 g/mol. The number of halogens is 5. The first-order valence-corrected chi connectivity index (χ1v) is 7.70. The summed E-state index contributed by atoms with van der Waals surface area (Å²) >= 11 is 29.2. The molecule has 0 bridgehead atoms. The summed E-state index contributed by atoms with van der Waals surface area (Å²) in [4.78, 5) is 0. The molecule has 0 aliphatic heterocycles. The monoisotopic (exact) mass is 388 g/mol. The van der Waals surface area contributed by atoms with Crippen molar-refractivity contribution in [3.8, 4) is 0 Å². The molecule has 0 N–H and O–H groups in total. The van der Waals surface area contributed by atoms with Crippen molar-refractivity contribution in [2.75, 3.05) is 0 Å². The van der Waals surface area contributed by atoms with Gasteiger partial charge in [-0.15, -0.1) is 22.9 Å². The number of alkyl halides is 1. The molecule has 2 aromatic rings. The van der Waals surface area contributed by atoms with Crippen LogP contribution >= 0.6 is 73.7 Å². The van der Waals surface area contributed by atoms with Gasteiger partial charge in [-0.3, -0.25) is 0 Å². The molecule has 1 atom stereocenters. The van der Waals surface area contributed by atoms with Gasteiger partial charge in [-0.1, -0.05) is 50.7 Å². The van der Waals surface area contributed by atoms with E-state index in [1.165, 1.54) is 11.3 Å². The molecule has 1 aromatic heterocycles. The van der Waals surface area contributed by atoms with Crippen molar-refractivity contribution in [1.29, 1.82) is 0 Å².